The maximum Gasteiger partial charge on any atom is 0.218 e. The molecule has 0 spiro atoms. The molecule has 0 rings (SSSR count). The second kappa shape index (κ2) is 7.66. The third kappa shape index (κ3) is 5.04. The van der Waals surface area contributed by atoms with Crippen molar-refractivity contribution in [2.45, 2.75) is 47.0 Å². The fourth-order valence-corrected chi connectivity index (χ4v) is 3.39. The number of hydrogen-bond donors (Lipinski definition) is 0. The Hall–Kier alpha value is -0.620. The van der Waals surface area contributed by atoms with E-state index >= 15 is 0 Å². The molecule has 0 aliphatic rings. The van der Waals surface area contributed by atoms with Gasteiger partial charge in [-0.25, -0.2) is 0 Å². The van der Waals surface area contributed by atoms with Crippen LogP contribution in [0.5, 0.6) is 0 Å². The molecule has 0 aromatic carbocycles. The van der Waals surface area contributed by atoms with Crippen LogP contribution in [0.4, 0.5) is 0 Å². The van der Waals surface area contributed by atoms with E-state index in [2.05, 4.69) is 0 Å². The van der Waals surface area contributed by atoms with Gasteiger partial charge in [0.1, 0.15) is 0 Å². The molecule has 0 radical (unpaired) electrons. The van der Waals surface area contributed by atoms with E-state index in [1.54, 1.807) is 6.92 Å². The Kier molecular flexibility index (Phi) is 7.38. The lowest BCUT2D eigenvalue weighted by Crippen LogP contribution is -2.25. The number of hydrogen-bond acceptors (Lipinski definition) is 4. The summed E-state index contributed by atoms with van der Waals surface area (Å²) >= 11 is 0. The molecule has 0 aliphatic heterocycles. The topological polar surface area (TPSA) is 68.3 Å². The van der Waals surface area contributed by atoms with Crippen LogP contribution in [0.25, 0.3) is 0 Å². The van der Waals surface area contributed by atoms with Crippen molar-refractivity contribution in [1.82, 2.24) is 0 Å². The maximum atomic E-state index is 11.2. The molecule has 100 valence electrons. The fraction of sp³-hybridized carbons (Fsp3) is 0.818. The van der Waals surface area contributed by atoms with Crippen LogP contribution in [-0.4, -0.2) is 26.6 Å². The lowest BCUT2D eigenvalue weighted by Gasteiger charge is -2.13. The summed E-state index contributed by atoms with van der Waals surface area (Å²) in [6.45, 7) is 7.43. The minimum Gasteiger partial charge on any atom is -0.184 e. The molecular formula is C11H20O4S2. The molecule has 2 atom stereocenters. The molecule has 0 aliphatic carbocycles. The first-order chi connectivity index (χ1) is 7.84. The standard InChI is InChI=1S/C11H20O4S2/c1-5-8(3)7-10(16(12)13)11(17(14)15)9(4)6-2/h8-9H,5-7H2,1-4H3. The van der Waals surface area contributed by atoms with Gasteiger partial charge in [0.05, 0.1) is 9.73 Å². The smallest absolute Gasteiger partial charge is 0.184 e. The van der Waals surface area contributed by atoms with Crippen LogP contribution in [-0.2, 0) is 20.6 Å². The van der Waals surface area contributed by atoms with Gasteiger partial charge in [0.15, 0.2) is 0 Å². The first kappa shape index (κ1) is 16.4. The van der Waals surface area contributed by atoms with Crippen molar-refractivity contribution in [2.24, 2.45) is 11.8 Å². The average Bonchev–Trinajstić information content (AvgIpc) is 2.26. The van der Waals surface area contributed by atoms with Gasteiger partial charge in [-0.1, -0.05) is 34.1 Å². The zero-order valence-corrected chi connectivity index (χ0v) is 12.4. The molecule has 6 heteroatoms. The van der Waals surface area contributed by atoms with Crippen LogP contribution < -0.4 is 0 Å². The lowest BCUT2D eigenvalue weighted by molar-refractivity contribution is 0.587. The van der Waals surface area contributed by atoms with E-state index in [0.29, 0.717) is 12.8 Å². The second-order valence-electron chi connectivity index (χ2n) is 4.28. The summed E-state index contributed by atoms with van der Waals surface area (Å²) in [6.07, 6.45) is 1.71. The van der Waals surface area contributed by atoms with E-state index < -0.39 is 20.6 Å². The predicted octanol–water partition coefficient (Wildman–Crippen LogP) is 1.57. The summed E-state index contributed by atoms with van der Waals surface area (Å²) in [7, 11) is -4.93. The minimum absolute atomic E-state index is 0.0427. The Labute approximate surface area is 106 Å². The third-order valence-corrected chi connectivity index (χ3v) is 4.87. The lowest BCUT2D eigenvalue weighted by atomic mass is 9.95. The highest BCUT2D eigenvalue weighted by molar-refractivity contribution is 7.82. The van der Waals surface area contributed by atoms with Gasteiger partial charge < -0.3 is 0 Å². The molecule has 2 unspecified atom stereocenters. The van der Waals surface area contributed by atoms with Crippen LogP contribution in [0.15, 0.2) is 0 Å². The molecule has 0 fully saturated rings. The zero-order valence-electron chi connectivity index (χ0n) is 10.7. The number of rotatable bonds is 6. The first-order valence-corrected chi connectivity index (χ1v) is 7.91. The fourth-order valence-electron chi connectivity index (χ4n) is 1.43. The Morgan fingerprint density at radius 2 is 1.47 bits per heavy atom. The molecule has 0 saturated heterocycles. The maximum absolute atomic E-state index is 11.2. The van der Waals surface area contributed by atoms with E-state index in [4.69, 9.17) is 0 Å². The quantitative estimate of drug-likeness (QED) is 0.693. The van der Waals surface area contributed by atoms with E-state index in [0.717, 1.165) is 6.42 Å². The Balaban J connectivity index is 5.66. The van der Waals surface area contributed by atoms with Gasteiger partial charge in [-0.15, -0.1) is 0 Å². The average molecular weight is 280 g/mol. The van der Waals surface area contributed by atoms with Crippen molar-refractivity contribution in [1.29, 1.82) is 0 Å². The molecule has 0 N–H and O–H groups in total. The van der Waals surface area contributed by atoms with Gasteiger partial charge in [0, 0.05) is 0 Å². The highest BCUT2D eigenvalue weighted by Crippen LogP contribution is 2.12. The zero-order chi connectivity index (χ0) is 13.6. The predicted molar refractivity (Wildman–Crippen MR) is 71.4 cm³/mol. The summed E-state index contributed by atoms with van der Waals surface area (Å²) in [4.78, 5) is 0.0863. The Morgan fingerprint density at radius 1 is 0.941 bits per heavy atom. The van der Waals surface area contributed by atoms with Crippen molar-refractivity contribution in [3.63, 3.8) is 0 Å². The van der Waals surface area contributed by atoms with Gasteiger partial charge in [0.2, 0.25) is 20.6 Å². The molecule has 4 nitrogen and oxygen atoms in total. The monoisotopic (exact) mass is 280 g/mol. The molecule has 0 amide bonds. The summed E-state index contributed by atoms with van der Waals surface area (Å²) in [5.74, 6) is -0.101. The minimum atomic E-state index is -2.47. The molecule has 0 aromatic heterocycles. The SMILES string of the molecule is CCC(C)CC(C(C(C)CC)=S(=O)=O)=S(=O)=O. The van der Waals surface area contributed by atoms with Gasteiger partial charge in [-0.3, -0.25) is 0 Å². The summed E-state index contributed by atoms with van der Waals surface area (Å²) in [5.41, 5.74) is 0. The molecular weight excluding hydrogens is 260 g/mol. The molecule has 17 heavy (non-hydrogen) atoms. The molecule has 0 aromatic rings. The third-order valence-electron chi connectivity index (χ3n) is 2.95. The summed E-state index contributed by atoms with van der Waals surface area (Å²) in [5, 5.41) is 0. The second-order valence-corrected chi connectivity index (χ2v) is 6.16. The molecule has 0 heterocycles. The Bertz CT molecular complexity index is 496. The molecule has 0 saturated carbocycles. The largest absolute Gasteiger partial charge is 0.218 e. The van der Waals surface area contributed by atoms with Crippen molar-refractivity contribution in [3.8, 4) is 0 Å². The van der Waals surface area contributed by atoms with Gasteiger partial charge in [-0.2, -0.15) is 16.8 Å². The van der Waals surface area contributed by atoms with Crippen molar-refractivity contribution in [3.05, 3.63) is 0 Å². The summed E-state index contributed by atoms with van der Waals surface area (Å²) in [6, 6.07) is 0. The van der Waals surface area contributed by atoms with Crippen molar-refractivity contribution >= 4 is 30.3 Å². The van der Waals surface area contributed by atoms with E-state index in [1.165, 1.54) is 0 Å². The van der Waals surface area contributed by atoms with E-state index in [9.17, 15) is 16.8 Å². The van der Waals surface area contributed by atoms with Crippen LogP contribution in [0, 0.1) is 11.8 Å². The van der Waals surface area contributed by atoms with Crippen LogP contribution in [0.3, 0.4) is 0 Å². The van der Waals surface area contributed by atoms with Crippen LogP contribution >= 0.6 is 0 Å². The highest BCUT2D eigenvalue weighted by atomic mass is 32.2. The van der Waals surface area contributed by atoms with Gasteiger partial charge >= 0.3 is 0 Å². The van der Waals surface area contributed by atoms with Crippen LogP contribution in [0.1, 0.15) is 47.0 Å². The highest BCUT2D eigenvalue weighted by Gasteiger charge is 2.20. The van der Waals surface area contributed by atoms with E-state index in [1.807, 2.05) is 20.8 Å². The van der Waals surface area contributed by atoms with Crippen molar-refractivity contribution in [2.75, 3.05) is 0 Å². The van der Waals surface area contributed by atoms with Crippen LogP contribution in [0.2, 0.25) is 0 Å². The normalized spacial score (nSPS) is 13.9. The van der Waals surface area contributed by atoms with Gasteiger partial charge in [0.25, 0.3) is 0 Å². The first-order valence-electron chi connectivity index (χ1n) is 5.76. The Morgan fingerprint density at radius 3 is 1.76 bits per heavy atom. The van der Waals surface area contributed by atoms with Crippen molar-refractivity contribution < 1.29 is 16.8 Å². The van der Waals surface area contributed by atoms with Gasteiger partial charge in [-0.05, 0) is 24.7 Å². The summed E-state index contributed by atoms with van der Waals surface area (Å²) < 4.78 is 44.7. The van der Waals surface area contributed by atoms with E-state index in [-0.39, 0.29) is 21.6 Å². The molecule has 0 bridgehead atoms.